The molecular weight excluding hydrogens is 224 g/mol. The molecule has 4 nitrogen and oxygen atoms in total. The van der Waals surface area contributed by atoms with Crippen LogP contribution < -0.4 is 5.73 Å². The van der Waals surface area contributed by atoms with Crippen molar-refractivity contribution in [2.75, 3.05) is 0 Å². The van der Waals surface area contributed by atoms with Crippen molar-refractivity contribution in [1.82, 2.24) is 14.8 Å². The molecule has 0 radical (unpaired) electrons. The minimum Gasteiger partial charge on any atom is -0.327 e. The van der Waals surface area contributed by atoms with Crippen molar-refractivity contribution < 1.29 is 0 Å². The van der Waals surface area contributed by atoms with E-state index >= 15 is 0 Å². The molecule has 0 aromatic carbocycles. The molecule has 1 aliphatic rings. The highest BCUT2D eigenvalue weighted by molar-refractivity contribution is 4.93. The van der Waals surface area contributed by atoms with Crippen molar-refractivity contribution in [2.24, 2.45) is 17.6 Å². The molecule has 0 saturated heterocycles. The van der Waals surface area contributed by atoms with E-state index in [1.807, 2.05) is 4.68 Å². The highest BCUT2D eigenvalue weighted by atomic mass is 15.3. The quantitative estimate of drug-likeness (QED) is 0.873. The molecule has 3 atom stereocenters. The Kier molecular flexibility index (Phi) is 4.75. The maximum Gasteiger partial charge on any atom is 0.138 e. The van der Waals surface area contributed by atoms with E-state index in [0.29, 0.717) is 12.0 Å². The zero-order chi connectivity index (χ0) is 13.0. The summed E-state index contributed by atoms with van der Waals surface area (Å²) in [6.07, 6.45) is 9.06. The number of hydrogen-bond acceptors (Lipinski definition) is 3. The molecule has 1 fully saturated rings. The molecule has 2 rings (SSSR count). The van der Waals surface area contributed by atoms with Crippen LogP contribution in [0.3, 0.4) is 0 Å². The predicted molar refractivity (Wildman–Crippen MR) is 73.1 cm³/mol. The van der Waals surface area contributed by atoms with Crippen LogP contribution in [-0.4, -0.2) is 20.8 Å². The second kappa shape index (κ2) is 6.32. The topological polar surface area (TPSA) is 56.7 Å². The van der Waals surface area contributed by atoms with Crippen LogP contribution in [0, 0.1) is 11.8 Å². The second-order valence-corrected chi connectivity index (χ2v) is 5.59. The van der Waals surface area contributed by atoms with Crippen LogP contribution in [0.25, 0.3) is 0 Å². The molecule has 4 heteroatoms. The average Bonchev–Trinajstić information content (AvgIpc) is 2.81. The Hall–Kier alpha value is -0.900. The maximum atomic E-state index is 6.29. The first kappa shape index (κ1) is 13.5. The van der Waals surface area contributed by atoms with Gasteiger partial charge in [0.2, 0.25) is 0 Å². The van der Waals surface area contributed by atoms with Crippen LogP contribution in [0.15, 0.2) is 6.33 Å². The summed E-state index contributed by atoms with van der Waals surface area (Å²) >= 11 is 0. The normalized spacial score (nSPS) is 28.5. The smallest absolute Gasteiger partial charge is 0.138 e. The van der Waals surface area contributed by atoms with Crippen LogP contribution in [0.5, 0.6) is 0 Å². The van der Waals surface area contributed by atoms with Crippen molar-refractivity contribution in [1.29, 1.82) is 0 Å². The third-order valence-electron chi connectivity index (χ3n) is 4.29. The van der Waals surface area contributed by atoms with E-state index in [-0.39, 0.29) is 0 Å². The van der Waals surface area contributed by atoms with E-state index < -0.39 is 0 Å². The van der Waals surface area contributed by atoms with Gasteiger partial charge in [-0.1, -0.05) is 19.8 Å². The predicted octanol–water partition coefficient (Wildman–Crippen LogP) is 2.38. The van der Waals surface area contributed by atoms with Crippen LogP contribution in [0.2, 0.25) is 0 Å². The summed E-state index contributed by atoms with van der Waals surface area (Å²) in [6.45, 7) is 5.28. The van der Waals surface area contributed by atoms with Gasteiger partial charge in [-0.15, -0.1) is 0 Å². The van der Waals surface area contributed by atoms with Gasteiger partial charge in [-0.05, 0) is 38.0 Å². The minimum atomic E-state index is 0.347. The molecule has 0 aliphatic heterocycles. The summed E-state index contributed by atoms with van der Waals surface area (Å²) in [5.41, 5.74) is 6.29. The summed E-state index contributed by atoms with van der Waals surface area (Å²) in [7, 11) is 0. The van der Waals surface area contributed by atoms with Crippen LogP contribution >= 0.6 is 0 Å². The standard InChI is InChI=1S/C14H26N4/c1-3-5-11-6-7-13(15)12(8-11)9-14-16-10-17-18(14)4-2/h10-13H,3-9,15H2,1-2H3. The lowest BCUT2D eigenvalue weighted by molar-refractivity contribution is 0.217. The molecule has 2 N–H and O–H groups in total. The first-order valence-electron chi connectivity index (χ1n) is 7.36. The summed E-state index contributed by atoms with van der Waals surface area (Å²) in [5.74, 6) is 2.57. The van der Waals surface area contributed by atoms with Gasteiger partial charge in [0.1, 0.15) is 12.2 Å². The van der Waals surface area contributed by atoms with Crippen LogP contribution in [-0.2, 0) is 13.0 Å². The van der Waals surface area contributed by atoms with Gasteiger partial charge >= 0.3 is 0 Å². The fourth-order valence-corrected chi connectivity index (χ4v) is 3.23. The molecule has 3 unspecified atom stereocenters. The van der Waals surface area contributed by atoms with E-state index in [4.69, 9.17) is 5.73 Å². The third kappa shape index (κ3) is 3.10. The Morgan fingerprint density at radius 3 is 2.94 bits per heavy atom. The number of hydrogen-bond donors (Lipinski definition) is 1. The van der Waals surface area contributed by atoms with Gasteiger partial charge in [0.25, 0.3) is 0 Å². The molecular formula is C14H26N4. The molecule has 1 aliphatic carbocycles. The number of aryl methyl sites for hydroxylation is 1. The molecule has 1 aromatic heterocycles. The lowest BCUT2D eigenvalue weighted by Gasteiger charge is -2.34. The van der Waals surface area contributed by atoms with E-state index in [1.54, 1.807) is 6.33 Å². The van der Waals surface area contributed by atoms with E-state index in [9.17, 15) is 0 Å². The fourth-order valence-electron chi connectivity index (χ4n) is 3.23. The first-order chi connectivity index (χ1) is 8.74. The maximum absolute atomic E-state index is 6.29. The highest BCUT2D eigenvalue weighted by Gasteiger charge is 2.28. The van der Waals surface area contributed by atoms with Crippen LogP contribution in [0.1, 0.15) is 51.8 Å². The lowest BCUT2D eigenvalue weighted by atomic mass is 9.75. The van der Waals surface area contributed by atoms with E-state index in [1.165, 1.54) is 32.1 Å². The number of nitrogens with zero attached hydrogens (tertiary/aromatic N) is 3. The van der Waals surface area contributed by atoms with Crippen molar-refractivity contribution >= 4 is 0 Å². The van der Waals surface area contributed by atoms with Gasteiger partial charge in [-0.25, -0.2) is 4.98 Å². The third-order valence-corrected chi connectivity index (χ3v) is 4.29. The molecule has 0 spiro atoms. The molecule has 0 amide bonds. The minimum absolute atomic E-state index is 0.347. The van der Waals surface area contributed by atoms with E-state index in [2.05, 4.69) is 23.9 Å². The Morgan fingerprint density at radius 1 is 1.39 bits per heavy atom. The zero-order valence-corrected chi connectivity index (χ0v) is 11.7. The van der Waals surface area contributed by atoms with Gasteiger partial charge in [-0.3, -0.25) is 4.68 Å². The molecule has 18 heavy (non-hydrogen) atoms. The molecule has 102 valence electrons. The van der Waals surface area contributed by atoms with Gasteiger partial charge in [0.05, 0.1) is 0 Å². The van der Waals surface area contributed by atoms with Crippen molar-refractivity contribution in [3.63, 3.8) is 0 Å². The Morgan fingerprint density at radius 2 is 2.22 bits per heavy atom. The highest BCUT2D eigenvalue weighted by Crippen LogP contribution is 2.32. The second-order valence-electron chi connectivity index (χ2n) is 5.59. The molecule has 1 saturated carbocycles. The van der Waals surface area contributed by atoms with Crippen molar-refractivity contribution in [2.45, 2.75) is 65.0 Å². The zero-order valence-electron chi connectivity index (χ0n) is 11.7. The number of aromatic nitrogens is 3. The van der Waals surface area contributed by atoms with Gasteiger partial charge in [0, 0.05) is 19.0 Å². The largest absolute Gasteiger partial charge is 0.327 e. The Balaban J connectivity index is 1.98. The number of rotatable bonds is 5. The van der Waals surface area contributed by atoms with E-state index in [0.717, 1.165) is 24.7 Å². The summed E-state index contributed by atoms with van der Waals surface area (Å²) in [6, 6.07) is 0.347. The Labute approximate surface area is 110 Å². The fraction of sp³-hybridized carbons (Fsp3) is 0.857. The molecule has 1 heterocycles. The Bertz CT molecular complexity index is 360. The SMILES string of the molecule is CCCC1CCC(N)C(Cc2ncnn2CC)C1. The van der Waals surface area contributed by atoms with Crippen molar-refractivity contribution in [3.8, 4) is 0 Å². The summed E-state index contributed by atoms with van der Waals surface area (Å²) < 4.78 is 2.00. The molecule has 1 aromatic rings. The summed E-state index contributed by atoms with van der Waals surface area (Å²) in [5, 5.41) is 4.25. The lowest BCUT2D eigenvalue weighted by Crippen LogP contribution is -2.37. The van der Waals surface area contributed by atoms with Crippen molar-refractivity contribution in [3.05, 3.63) is 12.2 Å². The van der Waals surface area contributed by atoms with Crippen LogP contribution in [0.4, 0.5) is 0 Å². The van der Waals surface area contributed by atoms with Gasteiger partial charge in [0.15, 0.2) is 0 Å². The number of nitrogens with two attached hydrogens (primary N) is 1. The average molecular weight is 250 g/mol. The van der Waals surface area contributed by atoms with Gasteiger partial charge in [-0.2, -0.15) is 5.10 Å². The first-order valence-corrected chi connectivity index (χ1v) is 7.36. The van der Waals surface area contributed by atoms with Gasteiger partial charge < -0.3 is 5.73 Å². The summed E-state index contributed by atoms with van der Waals surface area (Å²) in [4.78, 5) is 4.38. The monoisotopic (exact) mass is 250 g/mol. The molecule has 0 bridgehead atoms.